The van der Waals surface area contributed by atoms with Crippen LogP contribution in [0.3, 0.4) is 0 Å². The first kappa shape index (κ1) is 12.6. The zero-order chi connectivity index (χ0) is 12.7. The highest BCUT2D eigenvalue weighted by atomic mass is 79.9. The molecule has 3 heteroatoms. The number of likely N-dealkylation sites (tertiary alicyclic amines) is 1. The second kappa shape index (κ2) is 4.95. The normalized spacial score (nSPS) is 30.6. The first-order valence-electron chi connectivity index (χ1n) is 6.92. The minimum absolute atomic E-state index is 0.179. The first-order chi connectivity index (χ1) is 8.65. The molecule has 4 unspecified atom stereocenters. The third-order valence-electron chi connectivity index (χ3n) is 4.50. The number of halogens is 1. The molecule has 0 radical (unpaired) electrons. The van der Waals surface area contributed by atoms with E-state index in [4.69, 9.17) is 5.73 Å². The van der Waals surface area contributed by atoms with Gasteiger partial charge in [-0.2, -0.15) is 0 Å². The molecule has 2 nitrogen and oxygen atoms in total. The van der Waals surface area contributed by atoms with Crippen LogP contribution in [0, 0.1) is 5.92 Å². The van der Waals surface area contributed by atoms with E-state index in [2.05, 4.69) is 52.0 Å². The Kier molecular flexibility index (Phi) is 3.48. The molecule has 0 aromatic heterocycles. The molecule has 1 aliphatic heterocycles. The van der Waals surface area contributed by atoms with Crippen molar-refractivity contribution in [2.45, 2.75) is 44.3 Å². The van der Waals surface area contributed by atoms with Crippen LogP contribution in [0.2, 0.25) is 0 Å². The summed E-state index contributed by atoms with van der Waals surface area (Å²) in [5, 5.41) is 0. The Morgan fingerprint density at radius 1 is 1.39 bits per heavy atom. The lowest BCUT2D eigenvalue weighted by atomic mass is 9.97. The van der Waals surface area contributed by atoms with Crippen LogP contribution in [0.25, 0.3) is 0 Å². The SMILES string of the molecule is CC(N)C(c1cccc(Br)c1)N1CC2CCC1C2. The lowest BCUT2D eigenvalue weighted by molar-refractivity contribution is 0.133. The van der Waals surface area contributed by atoms with Crippen LogP contribution in [-0.2, 0) is 0 Å². The van der Waals surface area contributed by atoms with Gasteiger partial charge in [-0.25, -0.2) is 0 Å². The number of nitrogens with zero attached hydrogens (tertiary/aromatic N) is 1. The number of nitrogens with two attached hydrogens (primary N) is 1. The number of hydrogen-bond donors (Lipinski definition) is 1. The van der Waals surface area contributed by atoms with E-state index >= 15 is 0 Å². The summed E-state index contributed by atoms with van der Waals surface area (Å²) in [5.41, 5.74) is 7.63. The maximum atomic E-state index is 6.27. The summed E-state index contributed by atoms with van der Waals surface area (Å²) in [4.78, 5) is 2.65. The molecule has 3 rings (SSSR count). The highest BCUT2D eigenvalue weighted by molar-refractivity contribution is 9.10. The van der Waals surface area contributed by atoms with Gasteiger partial charge in [0, 0.05) is 29.1 Å². The molecule has 1 saturated carbocycles. The summed E-state index contributed by atoms with van der Waals surface area (Å²) in [6.45, 7) is 3.38. The van der Waals surface area contributed by atoms with E-state index in [1.807, 2.05) is 0 Å². The van der Waals surface area contributed by atoms with E-state index in [1.165, 1.54) is 31.4 Å². The Balaban J connectivity index is 1.89. The minimum atomic E-state index is 0.179. The second-order valence-corrected chi connectivity index (χ2v) is 6.80. The fraction of sp³-hybridized carbons (Fsp3) is 0.600. The van der Waals surface area contributed by atoms with Gasteiger partial charge >= 0.3 is 0 Å². The summed E-state index contributed by atoms with van der Waals surface area (Å²) < 4.78 is 1.15. The van der Waals surface area contributed by atoms with Gasteiger partial charge in [-0.05, 0) is 49.8 Å². The second-order valence-electron chi connectivity index (χ2n) is 5.89. The molecule has 18 heavy (non-hydrogen) atoms. The lowest BCUT2D eigenvalue weighted by Gasteiger charge is -2.37. The molecule has 0 spiro atoms. The quantitative estimate of drug-likeness (QED) is 0.928. The minimum Gasteiger partial charge on any atom is -0.326 e. The molecule has 2 fully saturated rings. The van der Waals surface area contributed by atoms with Gasteiger partial charge in [-0.15, -0.1) is 0 Å². The number of fused-ring (bicyclic) bond motifs is 2. The fourth-order valence-corrected chi connectivity index (χ4v) is 4.21. The van der Waals surface area contributed by atoms with Gasteiger partial charge < -0.3 is 5.73 Å². The summed E-state index contributed by atoms with van der Waals surface area (Å²) in [6.07, 6.45) is 4.17. The third kappa shape index (κ3) is 2.24. The number of piperidine rings is 1. The summed E-state index contributed by atoms with van der Waals surface area (Å²) >= 11 is 3.57. The summed E-state index contributed by atoms with van der Waals surface area (Å²) in [5.74, 6) is 0.920. The lowest BCUT2D eigenvalue weighted by Crippen LogP contribution is -2.43. The average Bonchev–Trinajstić information content (AvgIpc) is 2.91. The van der Waals surface area contributed by atoms with Gasteiger partial charge in [0.2, 0.25) is 0 Å². The Labute approximate surface area is 118 Å². The van der Waals surface area contributed by atoms with Crippen LogP contribution in [-0.4, -0.2) is 23.5 Å². The van der Waals surface area contributed by atoms with Crippen molar-refractivity contribution in [2.75, 3.05) is 6.54 Å². The Morgan fingerprint density at radius 3 is 2.78 bits per heavy atom. The van der Waals surface area contributed by atoms with Crippen LogP contribution in [0.4, 0.5) is 0 Å². The molecule has 2 N–H and O–H groups in total. The van der Waals surface area contributed by atoms with Crippen LogP contribution < -0.4 is 5.73 Å². The van der Waals surface area contributed by atoms with Crippen molar-refractivity contribution in [2.24, 2.45) is 11.7 Å². The van der Waals surface area contributed by atoms with Gasteiger partial charge in [0.1, 0.15) is 0 Å². The topological polar surface area (TPSA) is 29.3 Å². The first-order valence-corrected chi connectivity index (χ1v) is 7.71. The highest BCUT2D eigenvalue weighted by Gasteiger charge is 2.42. The smallest absolute Gasteiger partial charge is 0.0499 e. The van der Waals surface area contributed by atoms with Crippen molar-refractivity contribution in [3.63, 3.8) is 0 Å². The standard InChI is InChI=1S/C15H21BrN2/c1-10(17)15(12-3-2-4-13(16)8-12)18-9-11-5-6-14(18)7-11/h2-4,8,10-11,14-15H,5-7,9,17H2,1H3. The van der Waals surface area contributed by atoms with Crippen LogP contribution in [0.15, 0.2) is 28.7 Å². The molecule has 1 heterocycles. The zero-order valence-corrected chi connectivity index (χ0v) is 12.4. The molecule has 2 aliphatic rings. The molecule has 98 valence electrons. The Bertz CT molecular complexity index is 432. The molecular formula is C15H21BrN2. The molecular weight excluding hydrogens is 288 g/mol. The van der Waals surface area contributed by atoms with Gasteiger partial charge in [-0.1, -0.05) is 28.1 Å². The van der Waals surface area contributed by atoms with Gasteiger partial charge in [0.25, 0.3) is 0 Å². The zero-order valence-electron chi connectivity index (χ0n) is 10.8. The highest BCUT2D eigenvalue weighted by Crippen LogP contribution is 2.43. The monoisotopic (exact) mass is 308 g/mol. The van der Waals surface area contributed by atoms with Crippen molar-refractivity contribution in [1.82, 2.24) is 4.90 Å². The van der Waals surface area contributed by atoms with E-state index in [9.17, 15) is 0 Å². The van der Waals surface area contributed by atoms with E-state index in [1.54, 1.807) is 0 Å². The molecule has 1 aromatic rings. The summed E-state index contributed by atoms with van der Waals surface area (Å²) in [6, 6.07) is 9.95. The van der Waals surface area contributed by atoms with E-state index in [0.717, 1.165) is 16.4 Å². The van der Waals surface area contributed by atoms with E-state index in [0.29, 0.717) is 6.04 Å². The fourth-order valence-electron chi connectivity index (χ4n) is 3.79. The number of rotatable bonds is 3. The van der Waals surface area contributed by atoms with Crippen LogP contribution in [0.1, 0.15) is 37.8 Å². The Morgan fingerprint density at radius 2 is 2.22 bits per heavy atom. The number of benzene rings is 1. The Hall–Kier alpha value is -0.380. The largest absolute Gasteiger partial charge is 0.326 e. The third-order valence-corrected chi connectivity index (χ3v) is 4.99. The average molecular weight is 309 g/mol. The molecule has 1 saturated heterocycles. The van der Waals surface area contributed by atoms with Crippen molar-refractivity contribution < 1.29 is 0 Å². The van der Waals surface area contributed by atoms with E-state index in [-0.39, 0.29) is 6.04 Å². The molecule has 1 aromatic carbocycles. The van der Waals surface area contributed by atoms with Crippen LogP contribution in [0.5, 0.6) is 0 Å². The summed E-state index contributed by atoms with van der Waals surface area (Å²) in [7, 11) is 0. The molecule has 4 atom stereocenters. The van der Waals surface area contributed by atoms with Crippen molar-refractivity contribution in [3.05, 3.63) is 34.3 Å². The maximum Gasteiger partial charge on any atom is 0.0499 e. The van der Waals surface area contributed by atoms with Gasteiger partial charge in [0.05, 0.1) is 0 Å². The van der Waals surface area contributed by atoms with Crippen molar-refractivity contribution in [1.29, 1.82) is 0 Å². The van der Waals surface area contributed by atoms with E-state index < -0.39 is 0 Å². The van der Waals surface area contributed by atoms with Crippen LogP contribution >= 0.6 is 15.9 Å². The van der Waals surface area contributed by atoms with Gasteiger partial charge in [-0.3, -0.25) is 4.90 Å². The molecule has 1 aliphatic carbocycles. The predicted octanol–water partition coefficient (Wildman–Crippen LogP) is 3.32. The maximum absolute atomic E-state index is 6.27. The van der Waals surface area contributed by atoms with Crippen molar-refractivity contribution in [3.8, 4) is 0 Å². The van der Waals surface area contributed by atoms with Crippen molar-refractivity contribution >= 4 is 15.9 Å². The van der Waals surface area contributed by atoms with Gasteiger partial charge in [0.15, 0.2) is 0 Å². The molecule has 0 amide bonds. The number of hydrogen-bond acceptors (Lipinski definition) is 2. The molecule has 2 bridgehead atoms. The predicted molar refractivity (Wildman–Crippen MR) is 78.4 cm³/mol.